The molecule has 0 aromatic carbocycles. The largest absolute Gasteiger partial charge is 0.332 e. The summed E-state index contributed by atoms with van der Waals surface area (Å²) in [6, 6.07) is 5.06. The number of aromatic nitrogens is 3. The molecule has 5 heteroatoms. The van der Waals surface area contributed by atoms with Gasteiger partial charge >= 0.3 is 6.03 Å². The van der Waals surface area contributed by atoms with Crippen LogP contribution in [0.2, 0.25) is 0 Å². The van der Waals surface area contributed by atoms with Crippen LogP contribution >= 0.6 is 0 Å². The third-order valence-electron chi connectivity index (χ3n) is 1.94. The van der Waals surface area contributed by atoms with E-state index in [-0.39, 0.29) is 6.03 Å². The molecule has 0 bridgehead atoms. The maximum absolute atomic E-state index is 11.7. The van der Waals surface area contributed by atoms with Gasteiger partial charge in [0.15, 0.2) is 0 Å². The number of nitrogens with zero attached hydrogens (tertiary/aromatic N) is 3. The minimum atomic E-state index is -0.260. The van der Waals surface area contributed by atoms with Crippen LogP contribution in [0.5, 0.6) is 0 Å². The zero-order chi connectivity index (χ0) is 10.7. The van der Waals surface area contributed by atoms with E-state index in [2.05, 4.69) is 15.3 Å². The summed E-state index contributed by atoms with van der Waals surface area (Å²) in [6.45, 7) is 1.76. The fourth-order valence-corrected chi connectivity index (χ4v) is 1.20. The van der Waals surface area contributed by atoms with Crippen LogP contribution in [0.4, 0.5) is 10.6 Å². The first-order valence-corrected chi connectivity index (χ1v) is 4.50. The summed E-state index contributed by atoms with van der Waals surface area (Å²) in [4.78, 5) is 19.6. The Morgan fingerprint density at radius 1 is 1.33 bits per heavy atom. The van der Waals surface area contributed by atoms with Gasteiger partial charge in [0, 0.05) is 18.6 Å². The summed E-state index contributed by atoms with van der Waals surface area (Å²) in [5.74, 6) is 1.17. The molecule has 76 valence electrons. The number of nitrogens with one attached hydrogen (secondary N) is 1. The van der Waals surface area contributed by atoms with Crippen molar-refractivity contribution in [3.63, 3.8) is 0 Å². The highest BCUT2D eigenvalue weighted by Gasteiger charge is 2.07. The summed E-state index contributed by atoms with van der Waals surface area (Å²) in [7, 11) is 0. The van der Waals surface area contributed by atoms with E-state index in [4.69, 9.17) is 0 Å². The Labute approximate surface area is 86.8 Å². The predicted molar refractivity (Wildman–Crippen MR) is 55.6 cm³/mol. The number of rotatable bonds is 1. The highest BCUT2D eigenvalue weighted by Crippen LogP contribution is 2.02. The molecule has 0 unspecified atom stereocenters. The monoisotopic (exact) mass is 202 g/mol. The third kappa shape index (κ3) is 2.01. The summed E-state index contributed by atoms with van der Waals surface area (Å²) in [5, 5.41) is 2.66. The van der Waals surface area contributed by atoms with Crippen LogP contribution in [0.1, 0.15) is 5.82 Å². The van der Waals surface area contributed by atoms with Gasteiger partial charge in [-0.05, 0) is 19.1 Å². The molecule has 2 aromatic rings. The van der Waals surface area contributed by atoms with Crippen LogP contribution in [0.15, 0.2) is 36.8 Å². The topological polar surface area (TPSA) is 59.8 Å². The van der Waals surface area contributed by atoms with Crippen molar-refractivity contribution in [3.8, 4) is 0 Å². The lowest BCUT2D eigenvalue weighted by atomic mass is 10.5. The summed E-state index contributed by atoms with van der Waals surface area (Å²) in [5.41, 5.74) is 0. The number of aryl methyl sites for hydroxylation is 1. The van der Waals surface area contributed by atoms with E-state index in [1.54, 1.807) is 37.6 Å². The lowest BCUT2D eigenvalue weighted by molar-refractivity contribution is 0.253. The van der Waals surface area contributed by atoms with Crippen molar-refractivity contribution in [2.24, 2.45) is 0 Å². The molecule has 0 aliphatic rings. The zero-order valence-electron chi connectivity index (χ0n) is 8.21. The molecule has 0 aliphatic heterocycles. The van der Waals surface area contributed by atoms with Gasteiger partial charge in [-0.1, -0.05) is 6.07 Å². The van der Waals surface area contributed by atoms with E-state index < -0.39 is 0 Å². The standard InChI is InChI=1S/C10H10N4O/c1-8-11-6-7-14(8)10(15)13-9-4-2-3-5-12-9/h2-7H,1H3,(H,12,13,15). The van der Waals surface area contributed by atoms with Gasteiger partial charge in [0.05, 0.1) is 0 Å². The van der Waals surface area contributed by atoms with E-state index in [9.17, 15) is 4.79 Å². The smallest absolute Gasteiger partial charge is 0.292 e. The first-order chi connectivity index (χ1) is 7.27. The van der Waals surface area contributed by atoms with Gasteiger partial charge in [0.1, 0.15) is 11.6 Å². The second-order valence-corrected chi connectivity index (χ2v) is 2.99. The highest BCUT2D eigenvalue weighted by molar-refractivity contribution is 5.90. The SMILES string of the molecule is Cc1nccn1C(=O)Nc1ccccn1. The number of carbonyl (C=O) groups excluding carboxylic acids is 1. The molecular weight excluding hydrogens is 192 g/mol. The van der Waals surface area contributed by atoms with Gasteiger partial charge in [-0.25, -0.2) is 14.8 Å². The van der Waals surface area contributed by atoms with Crippen LogP contribution in [0, 0.1) is 6.92 Å². The van der Waals surface area contributed by atoms with Crippen LogP contribution in [-0.2, 0) is 0 Å². The Kier molecular flexibility index (Phi) is 2.45. The Morgan fingerprint density at radius 2 is 2.20 bits per heavy atom. The number of pyridine rings is 1. The average molecular weight is 202 g/mol. The molecule has 1 amide bonds. The normalized spacial score (nSPS) is 9.93. The van der Waals surface area contributed by atoms with Gasteiger partial charge in [-0.3, -0.25) is 9.88 Å². The van der Waals surface area contributed by atoms with Crippen molar-refractivity contribution in [1.29, 1.82) is 0 Å². The second kappa shape index (κ2) is 3.91. The predicted octanol–water partition coefficient (Wildman–Crippen LogP) is 1.67. The highest BCUT2D eigenvalue weighted by atomic mass is 16.2. The molecule has 0 atom stereocenters. The third-order valence-corrected chi connectivity index (χ3v) is 1.94. The van der Waals surface area contributed by atoms with Crippen molar-refractivity contribution in [3.05, 3.63) is 42.6 Å². The molecule has 0 saturated carbocycles. The molecule has 0 fully saturated rings. The maximum atomic E-state index is 11.7. The number of carbonyl (C=O) groups is 1. The molecule has 2 aromatic heterocycles. The fraction of sp³-hybridized carbons (Fsp3) is 0.100. The molecule has 0 radical (unpaired) electrons. The Bertz CT molecular complexity index is 463. The zero-order valence-corrected chi connectivity index (χ0v) is 8.21. The van der Waals surface area contributed by atoms with Crippen LogP contribution in [0.3, 0.4) is 0 Å². The van der Waals surface area contributed by atoms with Gasteiger partial charge in [-0.15, -0.1) is 0 Å². The number of amides is 1. The number of hydrogen-bond acceptors (Lipinski definition) is 3. The molecule has 0 saturated heterocycles. The fourth-order valence-electron chi connectivity index (χ4n) is 1.20. The Morgan fingerprint density at radius 3 is 2.80 bits per heavy atom. The van der Waals surface area contributed by atoms with E-state index >= 15 is 0 Å². The van der Waals surface area contributed by atoms with Gasteiger partial charge < -0.3 is 0 Å². The molecule has 2 heterocycles. The van der Waals surface area contributed by atoms with E-state index in [1.807, 2.05) is 6.07 Å². The number of imidazole rings is 1. The summed E-state index contributed by atoms with van der Waals surface area (Å²) >= 11 is 0. The minimum absolute atomic E-state index is 0.260. The van der Waals surface area contributed by atoms with Crippen LogP contribution in [-0.4, -0.2) is 20.6 Å². The lowest BCUT2D eigenvalue weighted by Crippen LogP contribution is -2.20. The molecule has 15 heavy (non-hydrogen) atoms. The minimum Gasteiger partial charge on any atom is -0.292 e. The quantitative estimate of drug-likeness (QED) is 0.765. The first-order valence-electron chi connectivity index (χ1n) is 4.50. The average Bonchev–Trinajstić information content (AvgIpc) is 2.66. The Balaban J connectivity index is 2.15. The van der Waals surface area contributed by atoms with Crippen LogP contribution < -0.4 is 5.32 Å². The van der Waals surface area contributed by atoms with Crippen LogP contribution in [0.25, 0.3) is 0 Å². The number of hydrogen-bond donors (Lipinski definition) is 1. The molecular formula is C10H10N4O. The van der Waals surface area contributed by atoms with E-state index in [1.165, 1.54) is 4.57 Å². The van der Waals surface area contributed by atoms with Gasteiger partial charge in [0.2, 0.25) is 0 Å². The molecule has 1 N–H and O–H groups in total. The number of anilines is 1. The van der Waals surface area contributed by atoms with E-state index in [0.29, 0.717) is 11.6 Å². The summed E-state index contributed by atoms with van der Waals surface area (Å²) in [6.07, 6.45) is 4.80. The Hall–Kier alpha value is -2.17. The lowest BCUT2D eigenvalue weighted by Gasteiger charge is -2.05. The van der Waals surface area contributed by atoms with Crippen molar-refractivity contribution in [2.75, 3.05) is 5.32 Å². The van der Waals surface area contributed by atoms with Crippen molar-refractivity contribution >= 4 is 11.8 Å². The van der Waals surface area contributed by atoms with Gasteiger partial charge in [-0.2, -0.15) is 0 Å². The van der Waals surface area contributed by atoms with Crippen molar-refractivity contribution < 1.29 is 4.79 Å². The molecule has 0 spiro atoms. The molecule has 5 nitrogen and oxygen atoms in total. The maximum Gasteiger partial charge on any atom is 0.332 e. The van der Waals surface area contributed by atoms with Crippen molar-refractivity contribution in [1.82, 2.24) is 14.5 Å². The van der Waals surface area contributed by atoms with Gasteiger partial charge in [0.25, 0.3) is 0 Å². The first kappa shape index (κ1) is 9.39. The van der Waals surface area contributed by atoms with E-state index in [0.717, 1.165) is 0 Å². The molecule has 0 aliphatic carbocycles. The molecule has 2 rings (SSSR count). The summed E-state index contributed by atoms with van der Waals surface area (Å²) < 4.78 is 1.43. The second-order valence-electron chi connectivity index (χ2n) is 2.99. The van der Waals surface area contributed by atoms with Crippen molar-refractivity contribution in [2.45, 2.75) is 6.92 Å².